The summed E-state index contributed by atoms with van der Waals surface area (Å²) in [6.45, 7) is 1.39. The molecule has 0 saturated carbocycles. The number of rotatable bonds is 3. The average Bonchev–Trinajstić information content (AvgIpc) is 2.69. The zero-order chi connectivity index (χ0) is 14.0. The summed E-state index contributed by atoms with van der Waals surface area (Å²) >= 11 is 3.35. The Morgan fingerprint density at radius 2 is 2.25 bits per heavy atom. The van der Waals surface area contributed by atoms with Gasteiger partial charge >= 0.3 is 0 Å². The lowest BCUT2D eigenvalue weighted by atomic mass is 10.1. The van der Waals surface area contributed by atoms with E-state index in [9.17, 15) is 13.6 Å². The van der Waals surface area contributed by atoms with Gasteiger partial charge < -0.3 is 5.32 Å². The number of alkyl halides is 2. The summed E-state index contributed by atoms with van der Waals surface area (Å²) in [7, 11) is 0. The maximum atomic E-state index is 13.0. The third kappa shape index (κ3) is 4.40. The number of carbonyl (C=O) groups is 1. The van der Waals surface area contributed by atoms with Crippen LogP contribution in [0, 0.1) is 0 Å². The quantitative estimate of drug-likeness (QED) is 0.860. The van der Waals surface area contributed by atoms with Gasteiger partial charge in [-0.05, 0) is 24.6 Å². The summed E-state index contributed by atoms with van der Waals surface area (Å²) in [6, 6.07) is 6.49. The Bertz CT molecular complexity index is 487. The second kappa shape index (κ2) is 6.83. The molecule has 0 aliphatic carbocycles. The summed E-state index contributed by atoms with van der Waals surface area (Å²) < 4.78 is 27.0. The first-order chi connectivity index (χ1) is 8.87. The van der Waals surface area contributed by atoms with E-state index in [1.54, 1.807) is 0 Å². The Kier molecular flexibility index (Phi) is 5.91. The molecule has 7 heteroatoms. The van der Waals surface area contributed by atoms with E-state index in [2.05, 4.69) is 26.6 Å². The van der Waals surface area contributed by atoms with Crippen LogP contribution in [0.15, 0.2) is 28.7 Å². The van der Waals surface area contributed by atoms with Crippen LogP contribution < -0.4 is 10.6 Å². The summed E-state index contributed by atoms with van der Waals surface area (Å²) in [6.07, 6.45) is -0.440. The van der Waals surface area contributed by atoms with Crippen LogP contribution in [0.3, 0.4) is 0 Å². The third-order valence-corrected chi connectivity index (χ3v) is 3.63. The molecular weight excluding hydrogens is 354 g/mol. The fraction of sp³-hybridized carbons (Fsp3) is 0.462. The first-order valence-electron chi connectivity index (χ1n) is 6.04. The van der Waals surface area contributed by atoms with Crippen LogP contribution in [-0.2, 0) is 4.79 Å². The Hall–Kier alpha value is -0.720. The standard InChI is InChI=1S/C13H15BrF2N2O.ClH/c1-8(9-3-2-4-10(14)5-9)18-12(19)11-6-13(15,16)7-17-11;/h2-5,8,11,17H,6-7H2,1H3,(H,18,19);1H. The summed E-state index contributed by atoms with van der Waals surface area (Å²) in [4.78, 5) is 11.9. The molecule has 1 heterocycles. The van der Waals surface area contributed by atoms with Gasteiger partial charge in [-0.2, -0.15) is 0 Å². The van der Waals surface area contributed by atoms with Gasteiger partial charge in [0.2, 0.25) is 5.91 Å². The lowest BCUT2D eigenvalue weighted by Gasteiger charge is -2.17. The molecule has 0 aromatic heterocycles. The molecule has 1 aliphatic rings. The molecule has 2 N–H and O–H groups in total. The SMILES string of the molecule is CC(NC(=O)C1CC(F)(F)CN1)c1cccc(Br)c1.Cl. The van der Waals surface area contributed by atoms with Crippen molar-refractivity contribution in [3.8, 4) is 0 Å². The first-order valence-corrected chi connectivity index (χ1v) is 6.84. The molecule has 0 radical (unpaired) electrons. The van der Waals surface area contributed by atoms with E-state index in [0.717, 1.165) is 10.0 Å². The van der Waals surface area contributed by atoms with Crippen LogP contribution >= 0.6 is 28.3 Å². The molecule has 2 unspecified atom stereocenters. The highest BCUT2D eigenvalue weighted by atomic mass is 79.9. The fourth-order valence-corrected chi connectivity index (χ4v) is 2.49. The fourth-order valence-electron chi connectivity index (χ4n) is 2.07. The molecule has 0 bridgehead atoms. The number of nitrogens with one attached hydrogen (secondary N) is 2. The maximum absolute atomic E-state index is 13.0. The largest absolute Gasteiger partial charge is 0.348 e. The summed E-state index contributed by atoms with van der Waals surface area (Å²) in [5, 5.41) is 5.29. The van der Waals surface area contributed by atoms with Gasteiger partial charge in [-0.3, -0.25) is 10.1 Å². The normalized spacial score (nSPS) is 21.9. The molecule has 1 amide bonds. The second-order valence-corrected chi connectivity index (χ2v) is 5.69. The molecule has 2 atom stereocenters. The van der Waals surface area contributed by atoms with Crippen LogP contribution in [0.4, 0.5) is 8.78 Å². The average molecular weight is 370 g/mol. The Morgan fingerprint density at radius 1 is 1.55 bits per heavy atom. The number of hydrogen-bond acceptors (Lipinski definition) is 2. The zero-order valence-corrected chi connectivity index (χ0v) is 13.2. The van der Waals surface area contributed by atoms with Gasteiger partial charge in [-0.15, -0.1) is 12.4 Å². The molecule has 1 fully saturated rings. The predicted molar refractivity (Wildman–Crippen MR) is 79.3 cm³/mol. The third-order valence-electron chi connectivity index (χ3n) is 3.13. The van der Waals surface area contributed by atoms with Crippen molar-refractivity contribution in [3.05, 3.63) is 34.3 Å². The van der Waals surface area contributed by atoms with Crippen molar-refractivity contribution in [2.45, 2.75) is 31.4 Å². The number of hydrogen-bond donors (Lipinski definition) is 2. The molecule has 2 rings (SSSR count). The van der Waals surface area contributed by atoms with Crippen LogP contribution in [0.1, 0.15) is 24.9 Å². The highest BCUT2D eigenvalue weighted by Crippen LogP contribution is 2.25. The van der Waals surface area contributed by atoms with Crippen molar-refractivity contribution in [1.29, 1.82) is 0 Å². The van der Waals surface area contributed by atoms with E-state index in [4.69, 9.17) is 0 Å². The van der Waals surface area contributed by atoms with E-state index in [1.807, 2.05) is 31.2 Å². The van der Waals surface area contributed by atoms with Gasteiger partial charge in [0.1, 0.15) is 0 Å². The highest BCUT2D eigenvalue weighted by molar-refractivity contribution is 9.10. The molecule has 1 aromatic carbocycles. The second-order valence-electron chi connectivity index (χ2n) is 4.78. The topological polar surface area (TPSA) is 41.1 Å². The van der Waals surface area contributed by atoms with Gasteiger partial charge in [0, 0.05) is 10.9 Å². The minimum absolute atomic E-state index is 0. The predicted octanol–water partition coefficient (Wildman–Crippen LogP) is 3.05. The van der Waals surface area contributed by atoms with Crippen molar-refractivity contribution >= 4 is 34.2 Å². The smallest absolute Gasteiger partial charge is 0.262 e. The van der Waals surface area contributed by atoms with Crippen LogP contribution in [0.2, 0.25) is 0 Å². The van der Waals surface area contributed by atoms with Crippen LogP contribution in [-0.4, -0.2) is 24.4 Å². The van der Waals surface area contributed by atoms with E-state index in [1.165, 1.54) is 0 Å². The number of benzene rings is 1. The van der Waals surface area contributed by atoms with Crippen molar-refractivity contribution in [2.75, 3.05) is 6.54 Å². The van der Waals surface area contributed by atoms with Gasteiger partial charge in [0.05, 0.1) is 18.6 Å². The van der Waals surface area contributed by atoms with E-state index in [-0.39, 0.29) is 24.4 Å². The Labute approximate surface area is 131 Å². The molecule has 1 saturated heterocycles. The molecule has 20 heavy (non-hydrogen) atoms. The Morgan fingerprint density at radius 3 is 2.80 bits per heavy atom. The van der Waals surface area contributed by atoms with Gasteiger partial charge in [0.15, 0.2) is 0 Å². The van der Waals surface area contributed by atoms with Crippen molar-refractivity contribution < 1.29 is 13.6 Å². The lowest BCUT2D eigenvalue weighted by Crippen LogP contribution is -2.41. The summed E-state index contributed by atoms with van der Waals surface area (Å²) in [5.74, 6) is -3.18. The lowest BCUT2D eigenvalue weighted by molar-refractivity contribution is -0.124. The van der Waals surface area contributed by atoms with Crippen LogP contribution in [0.5, 0.6) is 0 Å². The van der Waals surface area contributed by atoms with Gasteiger partial charge in [0.25, 0.3) is 5.92 Å². The maximum Gasteiger partial charge on any atom is 0.262 e. The molecule has 112 valence electrons. The van der Waals surface area contributed by atoms with E-state index in [0.29, 0.717) is 0 Å². The zero-order valence-electron chi connectivity index (χ0n) is 10.8. The highest BCUT2D eigenvalue weighted by Gasteiger charge is 2.42. The molecule has 1 aliphatic heterocycles. The number of halogens is 4. The van der Waals surface area contributed by atoms with Crippen molar-refractivity contribution in [3.63, 3.8) is 0 Å². The minimum Gasteiger partial charge on any atom is -0.348 e. The first kappa shape index (κ1) is 17.3. The van der Waals surface area contributed by atoms with Gasteiger partial charge in [-0.1, -0.05) is 28.1 Å². The van der Waals surface area contributed by atoms with Crippen molar-refractivity contribution in [2.24, 2.45) is 0 Å². The summed E-state index contributed by atoms with van der Waals surface area (Å²) in [5.41, 5.74) is 0.924. The Balaban J connectivity index is 0.00000200. The van der Waals surface area contributed by atoms with Crippen molar-refractivity contribution in [1.82, 2.24) is 10.6 Å². The number of carbonyl (C=O) groups excluding carboxylic acids is 1. The molecular formula is C13H16BrClF2N2O. The molecule has 3 nitrogen and oxygen atoms in total. The number of amides is 1. The minimum atomic E-state index is -2.79. The van der Waals surface area contributed by atoms with E-state index >= 15 is 0 Å². The molecule has 0 spiro atoms. The monoisotopic (exact) mass is 368 g/mol. The molecule has 1 aromatic rings. The van der Waals surface area contributed by atoms with Crippen LogP contribution in [0.25, 0.3) is 0 Å². The van der Waals surface area contributed by atoms with Gasteiger partial charge in [-0.25, -0.2) is 8.78 Å². The van der Waals surface area contributed by atoms with E-state index < -0.39 is 24.9 Å².